The van der Waals surface area contributed by atoms with Crippen LogP contribution in [0.1, 0.15) is 10.4 Å². The van der Waals surface area contributed by atoms with Gasteiger partial charge in [0.15, 0.2) is 0 Å². The molecule has 1 aromatic heterocycles. The van der Waals surface area contributed by atoms with E-state index in [0.717, 1.165) is 0 Å². The second kappa shape index (κ2) is 3.77. The van der Waals surface area contributed by atoms with Crippen molar-refractivity contribution in [2.45, 2.75) is 0 Å². The lowest BCUT2D eigenvalue weighted by molar-refractivity contribution is 0.0997. The van der Waals surface area contributed by atoms with Crippen molar-refractivity contribution in [3.8, 4) is 5.75 Å². The quantitative estimate of drug-likeness (QED) is 0.779. The third kappa shape index (κ3) is 1.56. The first-order valence-electron chi connectivity index (χ1n) is 4.55. The molecule has 1 aromatic carbocycles. The monoisotopic (exact) mass is 220 g/mol. The smallest absolute Gasteiger partial charge is 0.252 e. The summed E-state index contributed by atoms with van der Waals surface area (Å²) in [6.45, 7) is 0. The van der Waals surface area contributed by atoms with Crippen LogP contribution in [0.4, 0.5) is 4.39 Å². The summed E-state index contributed by atoms with van der Waals surface area (Å²) < 4.78 is 18.3. The average Bonchev–Trinajstić information content (AvgIpc) is 2.28. The molecule has 16 heavy (non-hydrogen) atoms. The number of amides is 1. The molecule has 0 unspecified atom stereocenters. The molecule has 2 rings (SSSR count). The molecule has 0 aliphatic carbocycles. The summed E-state index contributed by atoms with van der Waals surface area (Å²) >= 11 is 0. The fourth-order valence-electron chi connectivity index (χ4n) is 1.53. The minimum absolute atomic E-state index is 0.223. The van der Waals surface area contributed by atoms with Crippen molar-refractivity contribution in [3.63, 3.8) is 0 Å². The second-order valence-electron chi connectivity index (χ2n) is 3.24. The fraction of sp³-hybridized carbons (Fsp3) is 0.0909. The van der Waals surface area contributed by atoms with Gasteiger partial charge in [0.05, 0.1) is 12.7 Å². The third-order valence-corrected chi connectivity index (χ3v) is 2.30. The molecule has 0 aliphatic rings. The first kappa shape index (κ1) is 10.4. The molecular weight excluding hydrogens is 211 g/mol. The van der Waals surface area contributed by atoms with Gasteiger partial charge < -0.3 is 10.5 Å². The van der Waals surface area contributed by atoms with Crippen LogP contribution in [-0.2, 0) is 0 Å². The van der Waals surface area contributed by atoms with Crippen LogP contribution in [0.15, 0.2) is 24.4 Å². The Bertz CT molecular complexity index is 569. The summed E-state index contributed by atoms with van der Waals surface area (Å²) in [5.74, 6) is -0.977. The molecule has 0 saturated carbocycles. The lowest BCUT2D eigenvalue weighted by Gasteiger charge is -2.07. The average molecular weight is 220 g/mol. The number of methoxy groups -OCH3 is 1. The Morgan fingerprint density at radius 2 is 2.25 bits per heavy atom. The zero-order chi connectivity index (χ0) is 11.7. The molecule has 2 aromatic rings. The summed E-state index contributed by atoms with van der Waals surface area (Å²) in [6.07, 6.45) is 1.33. The first-order valence-corrected chi connectivity index (χ1v) is 4.55. The van der Waals surface area contributed by atoms with Crippen LogP contribution in [0.25, 0.3) is 10.8 Å². The second-order valence-corrected chi connectivity index (χ2v) is 3.24. The zero-order valence-corrected chi connectivity index (χ0v) is 8.53. The standard InChI is InChI=1S/C11H9FN2O2/c1-16-9-5-7-6(2-3-14-10(7)12)4-8(9)11(13)15/h2-5H,1H3,(H2,13,15). The van der Waals surface area contributed by atoms with Crippen LogP contribution >= 0.6 is 0 Å². The van der Waals surface area contributed by atoms with Gasteiger partial charge in [0.25, 0.3) is 5.91 Å². The highest BCUT2D eigenvalue weighted by molar-refractivity contribution is 6.00. The Labute approximate surface area is 90.8 Å². The van der Waals surface area contributed by atoms with Gasteiger partial charge in [-0.2, -0.15) is 4.39 Å². The number of fused-ring (bicyclic) bond motifs is 1. The summed E-state index contributed by atoms with van der Waals surface area (Å²) in [5, 5.41) is 0.853. The Morgan fingerprint density at radius 1 is 1.50 bits per heavy atom. The van der Waals surface area contributed by atoms with Crippen molar-refractivity contribution < 1.29 is 13.9 Å². The number of aromatic nitrogens is 1. The van der Waals surface area contributed by atoms with Crippen LogP contribution in [0, 0.1) is 5.95 Å². The molecule has 2 N–H and O–H groups in total. The number of ether oxygens (including phenoxy) is 1. The summed E-state index contributed by atoms with van der Waals surface area (Å²) in [7, 11) is 1.39. The highest BCUT2D eigenvalue weighted by Crippen LogP contribution is 2.26. The number of nitrogens with two attached hydrogens (primary N) is 1. The van der Waals surface area contributed by atoms with E-state index < -0.39 is 11.9 Å². The van der Waals surface area contributed by atoms with Crippen LogP contribution in [0.5, 0.6) is 5.75 Å². The molecule has 4 nitrogen and oxygen atoms in total. The molecule has 0 spiro atoms. The Balaban J connectivity index is 2.80. The normalized spacial score (nSPS) is 10.4. The number of benzene rings is 1. The van der Waals surface area contributed by atoms with Crippen molar-refractivity contribution in [3.05, 3.63) is 35.9 Å². The van der Waals surface area contributed by atoms with E-state index in [4.69, 9.17) is 10.5 Å². The number of carbonyl (C=O) groups is 1. The number of hydrogen-bond acceptors (Lipinski definition) is 3. The minimum atomic E-state index is -0.615. The van der Waals surface area contributed by atoms with Crippen LogP contribution in [-0.4, -0.2) is 18.0 Å². The molecule has 0 radical (unpaired) electrons. The molecule has 1 heterocycles. The van der Waals surface area contributed by atoms with E-state index >= 15 is 0 Å². The van der Waals surface area contributed by atoms with Crippen molar-refractivity contribution in [2.75, 3.05) is 7.11 Å². The van der Waals surface area contributed by atoms with E-state index in [1.54, 1.807) is 6.07 Å². The van der Waals surface area contributed by atoms with E-state index in [-0.39, 0.29) is 11.3 Å². The molecule has 0 aliphatic heterocycles. The number of carbonyl (C=O) groups excluding carboxylic acids is 1. The van der Waals surface area contributed by atoms with Crippen LogP contribution in [0.2, 0.25) is 0 Å². The Hall–Kier alpha value is -2.17. The number of nitrogens with zero attached hydrogens (tertiary/aromatic N) is 1. The maximum atomic E-state index is 13.4. The number of primary amides is 1. The topological polar surface area (TPSA) is 65.2 Å². The van der Waals surface area contributed by atoms with Gasteiger partial charge in [0.2, 0.25) is 5.95 Å². The molecular formula is C11H9FN2O2. The molecule has 1 amide bonds. The maximum absolute atomic E-state index is 13.4. The van der Waals surface area contributed by atoms with Crippen molar-refractivity contribution in [1.82, 2.24) is 4.98 Å². The molecule has 82 valence electrons. The van der Waals surface area contributed by atoms with Gasteiger partial charge in [-0.1, -0.05) is 0 Å². The predicted octanol–water partition coefficient (Wildman–Crippen LogP) is 1.48. The fourth-order valence-corrected chi connectivity index (χ4v) is 1.53. The molecule has 0 fully saturated rings. The Kier molecular flexibility index (Phi) is 2.44. The predicted molar refractivity (Wildman–Crippen MR) is 56.8 cm³/mol. The summed E-state index contributed by atoms with van der Waals surface area (Å²) in [6, 6.07) is 4.50. The number of pyridine rings is 1. The van der Waals surface area contributed by atoms with Crippen molar-refractivity contribution in [1.29, 1.82) is 0 Å². The van der Waals surface area contributed by atoms with E-state index in [1.165, 1.54) is 25.4 Å². The SMILES string of the molecule is COc1cc2c(F)nccc2cc1C(N)=O. The van der Waals surface area contributed by atoms with Gasteiger partial charge in [-0.05, 0) is 23.6 Å². The van der Waals surface area contributed by atoms with Gasteiger partial charge in [0.1, 0.15) is 5.75 Å². The molecule has 0 saturated heterocycles. The third-order valence-electron chi connectivity index (χ3n) is 2.30. The molecule has 0 bridgehead atoms. The number of rotatable bonds is 2. The number of halogens is 1. The lowest BCUT2D eigenvalue weighted by atomic mass is 10.1. The van der Waals surface area contributed by atoms with Crippen molar-refractivity contribution in [2.24, 2.45) is 5.73 Å². The van der Waals surface area contributed by atoms with Gasteiger partial charge in [-0.25, -0.2) is 4.98 Å². The van der Waals surface area contributed by atoms with Crippen LogP contribution < -0.4 is 10.5 Å². The highest BCUT2D eigenvalue weighted by Gasteiger charge is 2.12. The molecule has 5 heteroatoms. The summed E-state index contributed by atoms with van der Waals surface area (Å²) in [5.41, 5.74) is 5.41. The van der Waals surface area contributed by atoms with E-state index in [9.17, 15) is 9.18 Å². The van der Waals surface area contributed by atoms with E-state index in [2.05, 4.69) is 4.98 Å². The van der Waals surface area contributed by atoms with Gasteiger partial charge in [-0.3, -0.25) is 4.79 Å². The van der Waals surface area contributed by atoms with Gasteiger partial charge in [-0.15, -0.1) is 0 Å². The van der Waals surface area contributed by atoms with Gasteiger partial charge >= 0.3 is 0 Å². The maximum Gasteiger partial charge on any atom is 0.252 e. The largest absolute Gasteiger partial charge is 0.496 e. The number of hydrogen-bond donors (Lipinski definition) is 1. The lowest BCUT2D eigenvalue weighted by Crippen LogP contribution is -2.12. The zero-order valence-electron chi connectivity index (χ0n) is 8.53. The Morgan fingerprint density at radius 3 is 2.88 bits per heavy atom. The van der Waals surface area contributed by atoms with E-state index in [1.807, 2.05) is 0 Å². The highest BCUT2D eigenvalue weighted by atomic mass is 19.1. The van der Waals surface area contributed by atoms with Crippen molar-refractivity contribution >= 4 is 16.7 Å². The summed E-state index contributed by atoms with van der Waals surface area (Å²) in [4.78, 5) is 14.7. The first-order chi connectivity index (χ1) is 7.63. The van der Waals surface area contributed by atoms with E-state index in [0.29, 0.717) is 10.8 Å². The molecule has 0 atom stereocenters. The van der Waals surface area contributed by atoms with Crippen LogP contribution in [0.3, 0.4) is 0 Å². The minimum Gasteiger partial charge on any atom is -0.496 e. The van der Waals surface area contributed by atoms with Gasteiger partial charge in [0, 0.05) is 11.6 Å².